The zero-order chi connectivity index (χ0) is 23.4. The van der Waals surface area contributed by atoms with Gasteiger partial charge in [-0.25, -0.2) is 9.97 Å². The van der Waals surface area contributed by atoms with Crippen molar-refractivity contribution in [2.75, 3.05) is 18.2 Å². The Labute approximate surface area is 189 Å². The molecule has 1 aliphatic heterocycles. The number of nitrogens with one attached hydrogen (secondary N) is 1. The lowest BCUT2D eigenvalue weighted by Crippen LogP contribution is -2.26. The van der Waals surface area contributed by atoms with Crippen LogP contribution in [0.15, 0.2) is 54.9 Å². The number of fused-ring (bicyclic) bond motifs is 1. The van der Waals surface area contributed by atoms with Crippen LogP contribution in [0.5, 0.6) is 17.4 Å². The molecule has 2 aromatic heterocycles. The van der Waals surface area contributed by atoms with Crippen molar-refractivity contribution in [3.05, 3.63) is 66.0 Å². The van der Waals surface area contributed by atoms with Crippen LogP contribution in [-0.2, 0) is 5.41 Å². The Morgan fingerprint density at radius 3 is 2.61 bits per heavy atom. The monoisotopic (exact) mass is 452 g/mol. The number of hydrogen-bond acceptors (Lipinski definition) is 7. The molecule has 3 N–H and O–H groups in total. The fraction of sp³-hybridized carbons (Fsp3) is 0.250. The van der Waals surface area contributed by atoms with E-state index in [0.29, 0.717) is 17.4 Å². The molecule has 1 aromatic carbocycles. The first-order valence-corrected chi connectivity index (χ1v) is 10.3. The zero-order valence-electron chi connectivity index (χ0n) is 18.1. The Morgan fingerprint density at radius 2 is 1.91 bits per heavy atom. The molecule has 7 nitrogen and oxygen atoms in total. The van der Waals surface area contributed by atoms with Crippen molar-refractivity contribution >= 4 is 11.5 Å². The van der Waals surface area contributed by atoms with E-state index in [1.807, 2.05) is 19.1 Å². The van der Waals surface area contributed by atoms with Gasteiger partial charge >= 0.3 is 6.29 Å². The minimum atomic E-state index is -3.64. The highest BCUT2D eigenvalue weighted by Crippen LogP contribution is 2.55. The SMILES string of the molecule is C=C(Nc1ccc(C)c(-c2cnc(OC)c(N)c2)n1)C1(c2ccc3c(c2)OC(F)(F)O3)CC1. The average Bonchev–Trinajstić information content (AvgIpc) is 3.52. The third-order valence-electron chi connectivity index (χ3n) is 6.00. The molecular formula is C24H22F2N4O3. The van der Waals surface area contributed by atoms with Crippen molar-refractivity contribution in [3.8, 4) is 28.6 Å². The lowest BCUT2D eigenvalue weighted by atomic mass is 9.92. The lowest BCUT2D eigenvalue weighted by Gasteiger charge is -2.21. The predicted octanol–water partition coefficient (Wildman–Crippen LogP) is 5.02. The van der Waals surface area contributed by atoms with Gasteiger partial charge in [0.2, 0.25) is 5.88 Å². The second kappa shape index (κ2) is 7.33. The maximum Gasteiger partial charge on any atom is 0.586 e. The van der Waals surface area contributed by atoms with Gasteiger partial charge in [0.15, 0.2) is 11.5 Å². The second-order valence-electron chi connectivity index (χ2n) is 8.20. The quantitative estimate of drug-likeness (QED) is 0.542. The third kappa shape index (κ3) is 3.69. The lowest BCUT2D eigenvalue weighted by molar-refractivity contribution is -0.286. The number of ether oxygens (including phenoxy) is 3. The highest BCUT2D eigenvalue weighted by molar-refractivity contribution is 5.70. The van der Waals surface area contributed by atoms with Gasteiger partial charge in [-0.2, -0.15) is 0 Å². The van der Waals surface area contributed by atoms with Gasteiger partial charge in [-0.3, -0.25) is 0 Å². The van der Waals surface area contributed by atoms with Crippen LogP contribution in [0, 0.1) is 6.92 Å². The largest absolute Gasteiger partial charge is 0.586 e. The Kier molecular flexibility index (Phi) is 4.66. The zero-order valence-corrected chi connectivity index (χ0v) is 18.1. The number of aromatic nitrogens is 2. The summed E-state index contributed by atoms with van der Waals surface area (Å²) in [7, 11) is 1.51. The van der Waals surface area contributed by atoms with Crippen molar-refractivity contribution in [3.63, 3.8) is 0 Å². The molecule has 2 aliphatic rings. The van der Waals surface area contributed by atoms with Crippen LogP contribution < -0.4 is 25.3 Å². The van der Waals surface area contributed by atoms with Gasteiger partial charge in [0.05, 0.1) is 18.5 Å². The number of nitrogen functional groups attached to an aromatic ring is 1. The molecule has 170 valence electrons. The van der Waals surface area contributed by atoms with E-state index < -0.39 is 11.7 Å². The van der Waals surface area contributed by atoms with Crippen LogP contribution in [0.2, 0.25) is 0 Å². The number of hydrogen-bond donors (Lipinski definition) is 2. The molecule has 0 saturated heterocycles. The fourth-order valence-electron chi connectivity index (χ4n) is 4.07. The molecule has 5 rings (SSSR count). The summed E-state index contributed by atoms with van der Waals surface area (Å²) < 4.78 is 41.1. The fourth-order valence-corrected chi connectivity index (χ4v) is 4.07. The maximum atomic E-state index is 13.4. The molecule has 3 aromatic rings. The van der Waals surface area contributed by atoms with Crippen molar-refractivity contribution in [1.29, 1.82) is 0 Å². The van der Waals surface area contributed by atoms with E-state index in [9.17, 15) is 8.78 Å². The van der Waals surface area contributed by atoms with Gasteiger partial charge in [0, 0.05) is 22.9 Å². The molecule has 0 bridgehead atoms. The third-order valence-corrected chi connectivity index (χ3v) is 6.00. The number of benzene rings is 1. The Balaban J connectivity index is 1.40. The maximum absolute atomic E-state index is 13.4. The summed E-state index contributed by atoms with van der Waals surface area (Å²) in [5.74, 6) is 1.01. The molecule has 0 atom stereocenters. The first-order valence-electron chi connectivity index (χ1n) is 10.3. The van der Waals surface area contributed by atoms with E-state index in [1.165, 1.54) is 13.2 Å². The molecule has 0 amide bonds. The number of anilines is 2. The minimum absolute atomic E-state index is 0.0235. The molecule has 0 radical (unpaired) electrons. The molecule has 1 aliphatic carbocycles. The summed E-state index contributed by atoms with van der Waals surface area (Å²) in [6, 6.07) is 10.4. The van der Waals surface area contributed by atoms with Crippen LogP contribution >= 0.6 is 0 Å². The van der Waals surface area contributed by atoms with Crippen molar-refractivity contribution in [2.24, 2.45) is 0 Å². The van der Waals surface area contributed by atoms with Crippen molar-refractivity contribution < 1.29 is 23.0 Å². The highest BCUT2D eigenvalue weighted by atomic mass is 19.3. The number of rotatable bonds is 6. The summed E-state index contributed by atoms with van der Waals surface area (Å²) in [5.41, 5.74) is 10.0. The second-order valence-corrected chi connectivity index (χ2v) is 8.20. The number of alkyl halides is 2. The van der Waals surface area contributed by atoms with Crippen molar-refractivity contribution in [2.45, 2.75) is 31.5 Å². The molecule has 0 spiro atoms. The van der Waals surface area contributed by atoms with Crippen molar-refractivity contribution in [1.82, 2.24) is 9.97 Å². The minimum Gasteiger partial charge on any atom is -0.480 e. The summed E-state index contributed by atoms with van der Waals surface area (Å²) in [6.07, 6.45) is -0.332. The number of pyridine rings is 2. The number of halogens is 2. The first kappa shape index (κ1) is 21.0. The summed E-state index contributed by atoms with van der Waals surface area (Å²) in [4.78, 5) is 8.97. The molecule has 3 heterocycles. The Bertz CT molecular complexity index is 1270. The topological polar surface area (TPSA) is 91.5 Å². The standard InChI is InChI=1S/C24H22F2N4O3/c1-13-4-7-20(30-21(13)15-10-17(27)22(31-3)28-12-15)29-14(2)23(8-9-23)16-5-6-18-19(11-16)33-24(25,26)32-18/h4-7,10-12H,2,8-9,27H2,1,3H3,(H,29,30). The predicted molar refractivity (Wildman–Crippen MR) is 119 cm³/mol. The molecule has 1 saturated carbocycles. The molecule has 33 heavy (non-hydrogen) atoms. The van der Waals surface area contributed by atoms with E-state index in [1.54, 1.807) is 24.4 Å². The van der Waals surface area contributed by atoms with Crippen LogP contribution in [0.1, 0.15) is 24.0 Å². The van der Waals surface area contributed by atoms with E-state index in [2.05, 4.69) is 26.4 Å². The number of nitrogens with zero attached hydrogens (tertiary/aromatic N) is 2. The Hall–Kier alpha value is -3.88. The van der Waals surface area contributed by atoms with Gasteiger partial charge < -0.3 is 25.3 Å². The molecular weight excluding hydrogens is 430 g/mol. The van der Waals surface area contributed by atoms with Gasteiger partial charge in [0.25, 0.3) is 0 Å². The van der Waals surface area contributed by atoms with Crippen LogP contribution in [0.4, 0.5) is 20.3 Å². The summed E-state index contributed by atoms with van der Waals surface area (Å²) in [6.45, 7) is 6.17. The molecule has 9 heteroatoms. The summed E-state index contributed by atoms with van der Waals surface area (Å²) in [5, 5.41) is 3.30. The number of nitrogens with two attached hydrogens (primary N) is 1. The van der Waals surface area contributed by atoms with E-state index >= 15 is 0 Å². The van der Waals surface area contributed by atoms with Gasteiger partial charge in [-0.15, -0.1) is 8.78 Å². The van der Waals surface area contributed by atoms with Crippen LogP contribution in [-0.4, -0.2) is 23.4 Å². The number of allylic oxidation sites excluding steroid dienone is 1. The van der Waals surface area contributed by atoms with Crippen LogP contribution in [0.25, 0.3) is 11.3 Å². The highest BCUT2D eigenvalue weighted by Gasteiger charge is 2.49. The first-order chi connectivity index (χ1) is 15.7. The van der Waals surface area contributed by atoms with E-state index in [-0.39, 0.29) is 11.5 Å². The average molecular weight is 452 g/mol. The summed E-state index contributed by atoms with van der Waals surface area (Å²) >= 11 is 0. The number of aryl methyl sites for hydroxylation is 1. The molecule has 0 unspecified atom stereocenters. The molecule has 1 fully saturated rings. The smallest absolute Gasteiger partial charge is 0.480 e. The van der Waals surface area contributed by atoms with E-state index in [0.717, 1.165) is 40.9 Å². The van der Waals surface area contributed by atoms with Gasteiger partial charge in [0.1, 0.15) is 5.82 Å². The Morgan fingerprint density at radius 1 is 1.15 bits per heavy atom. The van der Waals surface area contributed by atoms with Gasteiger partial charge in [-0.1, -0.05) is 18.7 Å². The number of methoxy groups -OCH3 is 1. The van der Waals surface area contributed by atoms with Crippen LogP contribution in [0.3, 0.4) is 0 Å². The van der Waals surface area contributed by atoms with Gasteiger partial charge in [-0.05, 0) is 55.2 Å². The normalized spacial score (nSPS) is 16.8. The van der Waals surface area contributed by atoms with E-state index in [4.69, 9.17) is 15.5 Å².